The molecule has 2 aliphatic heterocycles. The number of ether oxygens (including phenoxy) is 3. The number of amides is 3. The fraction of sp³-hybridized carbons (Fsp3) is 0.591. The van der Waals surface area contributed by atoms with Crippen LogP contribution in [0.3, 0.4) is 0 Å². The molecule has 2 aliphatic rings. The van der Waals surface area contributed by atoms with Gasteiger partial charge in [0.15, 0.2) is 11.5 Å². The Morgan fingerprint density at radius 1 is 1.16 bits per heavy atom. The average molecular weight is 434 g/mol. The van der Waals surface area contributed by atoms with Crippen LogP contribution in [0.15, 0.2) is 18.2 Å². The van der Waals surface area contributed by atoms with Gasteiger partial charge in [-0.2, -0.15) is 0 Å². The molecule has 1 fully saturated rings. The summed E-state index contributed by atoms with van der Waals surface area (Å²) >= 11 is 0. The molecular weight excluding hydrogens is 402 g/mol. The van der Waals surface area contributed by atoms with Crippen molar-refractivity contribution in [3.63, 3.8) is 0 Å². The van der Waals surface area contributed by atoms with Gasteiger partial charge in [-0.3, -0.25) is 14.4 Å². The minimum atomic E-state index is -0.688. The zero-order chi connectivity index (χ0) is 22.4. The molecule has 2 heterocycles. The molecule has 9 nitrogen and oxygen atoms in total. The minimum absolute atomic E-state index is 0.000755. The summed E-state index contributed by atoms with van der Waals surface area (Å²) in [4.78, 5) is 39.8. The summed E-state index contributed by atoms with van der Waals surface area (Å²) in [5.41, 5.74) is 0.401. The van der Waals surface area contributed by atoms with Crippen LogP contribution in [-0.2, 0) is 14.3 Å². The Morgan fingerprint density at radius 3 is 2.55 bits per heavy atom. The van der Waals surface area contributed by atoms with E-state index in [1.54, 1.807) is 23.1 Å². The second kappa shape index (κ2) is 10.5. The van der Waals surface area contributed by atoms with Gasteiger partial charge in [0.05, 0.1) is 0 Å². The maximum absolute atomic E-state index is 13.0. The number of hydrogen-bond donors (Lipinski definition) is 2. The topological polar surface area (TPSA) is 106 Å². The number of methoxy groups -OCH3 is 1. The molecule has 0 aromatic heterocycles. The smallest absolute Gasteiger partial charge is 0.252 e. The van der Waals surface area contributed by atoms with Crippen LogP contribution in [0.25, 0.3) is 0 Å². The molecule has 0 spiro atoms. The lowest BCUT2D eigenvalue weighted by Gasteiger charge is -2.36. The zero-order valence-corrected chi connectivity index (χ0v) is 18.3. The lowest BCUT2D eigenvalue weighted by atomic mass is 9.88. The van der Waals surface area contributed by atoms with E-state index in [9.17, 15) is 14.4 Å². The molecule has 0 bridgehead atoms. The van der Waals surface area contributed by atoms with E-state index >= 15 is 0 Å². The van der Waals surface area contributed by atoms with Crippen LogP contribution in [0.5, 0.6) is 11.5 Å². The predicted octanol–water partition coefficient (Wildman–Crippen LogP) is 1.31. The Labute approximate surface area is 182 Å². The van der Waals surface area contributed by atoms with Crippen molar-refractivity contribution in [3.8, 4) is 11.5 Å². The summed E-state index contributed by atoms with van der Waals surface area (Å²) in [5, 5.41) is 5.90. The molecule has 0 aliphatic carbocycles. The Balaban J connectivity index is 1.70. The normalized spacial score (nSPS) is 17.7. The lowest BCUT2D eigenvalue weighted by Crippen LogP contribution is -2.55. The number of benzene rings is 1. The second-order valence-corrected chi connectivity index (χ2v) is 7.99. The molecule has 2 atom stereocenters. The van der Waals surface area contributed by atoms with E-state index in [-0.39, 0.29) is 43.1 Å². The first-order valence-corrected chi connectivity index (χ1v) is 10.7. The Morgan fingerprint density at radius 2 is 1.87 bits per heavy atom. The van der Waals surface area contributed by atoms with Gasteiger partial charge in [-0.25, -0.2) is 0 Å². The van der Waals surface area contributed by atoms with Crippen LogP contribution < -0.4 is 20.1 Å². The van der Waals surface area contributed by atoms with Gasteiger partial charge in [0.25, 0.3) is 5.91 Å². The highest BCUT2D eigenvalue weighted by Gasteiger charge is 2.34. The fourth-order valence-corrected chi connectivity index (χ4v) is 3.79. The summed E-state index contributed by atoms with van der Waals surface area (Å²) in [5.74, 6) is 0.416. The van der Waals surface area contributed by atoms with E-state index in [1.165, 1.54) is 7.11 Å². The first kappa shape index (κ1) is 22.9. The number of piperidine rings is 1. The number of fused-ring (bicyclic) bond motifs is 1. The molecule has 170 valence electrons. The Bertz CT molecular complexity index is 806. The molecule has 0 unspecified atom stereocenters. The van der Waals surface area contributed by atoms with Crippen molar-refractivity contribution in [1.29, 1.82) is 0 Å². The summed E-state index contributed by atoms with van der Waals surface area (Å²) < 4.78 is 15.6. The van der Waals surface area contributed by atoms with Crippen LogP contribution in [0, 0.1) is 5.92 Å². The van der Waals surface area contributed by atoms with Crippen molar-refractivity contribution >= 4 is 17.7 Å². The van der Waals surface area contributed by atoms with E-state index in [0.29, 0.717) is 43.0 Å². The highest BCUT2D eigenvalue weighted by atomic mass is 16.7. The maximum Gasteiger partial charge on any atom is 0.252 e. The molecule has 0 saturated carbocycles. The van der Waals surface area contributed by atoms with Crippen molar-refractivity contribution in [1.82, 2.24) is 15.5 Å². The lowest BCUT2D eigenvalue weighted by molar-refractivity contribution is -0.136. The van der Waals surface area contributed by atoms with Crippen LogP contribution >= 0.6 is 0 Å². The molecule has 1 saturated heterocycles. The van der Waals surface area contributed by atoms with Gasteiger partial charge < -0.3 is 29.7 Å². The molecule has 0 radical (unpaired) electrons. The number of carbonyl (C=O) groups is 3. The number of hydrogen-bond acceptors (Lipinski definition) is 6. The van der Waals surface area contributed by atoms with Crippen LogP contribution in [-0.4, -0.2) is 68.3 Å². The molecule has 31 heavy (non-hydrogen) atoms. The molecule has 3 rings (SSSR count). The number of nitrogens with zero attached hydrogens (tertiary/aromatic N) is 1. The molecule has 1 aromatic carbocycles. The largest absolute Gasteiger partial charge is 0.454 e. The van der Waals surface area contributed by atoms with Gasteiger partial charge in [0.2, 0.25) is 18.6 Å². The summed E-state index contributed by atoms with van der Waals surface area (Å²) in [7, 11) is 1.49. The van der Waals surface area contributed by atoms with Crippen molar-refractivity contribution in [2.24, 2.45) is 5.92 Å². The summed E-state index contributed by atoms with van der Waals surface area (Å²) in [6, 6.07) is 4.27. The van der Waals surface area contributed by atoms with E-state index in [4.69, 9.17) is 14.2 Å². The number of likely N-dealkylation sites (tertiary alicyclic amines) is 1. The van der Waals surface area contributed by atoms with Crippen molar-refractivity contribution in [3.05, 3.63) is 23.8 Å². The van der Waals surface area contributed by atoms with E-state index < -0.39 is 6.04 Å². The van der Waals surface area contributed by atoms with E-state index in [0.717, 1.165) is 6.42 Å². The zero-order valence-electron chi connectivity index (χ0n) is 18.3. The third kappa shape index (κ3) is 5.66. The maximum atomic E-state index is 13.0. The van der Waals surface area contributed by atoms with Gasteiger partial charge in [0.1, 0.15) is 12.6 Å². The predicted molar refractivity (Wildman–Crippen MR) is 113 cm³/mol. The molecular formula is C22H31N3O6. The quantitative estimate of drug-likeness (QED) is 0.640. The highest BCUT2D eigenvalue weighted by molar-refractivity contribution is 5.98. The van der Waals surface area contributed by atoms with Gasteiger partial charge in [-0.05, 0) is 50.3 Å². The highest BCUT2D eigenvalue weighted by Crippen LogP contribution is 2.32. The van der Waals surface area contributed by atoms with Crippen LogP contribution in [0.4, 0.5) is 0 Å². The number of rotatable bonds is 8. The summed E-state index contributed by atoms with van der Waals surface area (Å²) in [6.07, 6.45) is 2.03. The summed E-state index contributed by atoms with van der Waals surface area (Å²) in [6.45, 7) is 5.15. The first-order valence-electron chi connectivity index (χ1n) is 10.7. The van der Waals surface area contributed by atoms with Gasteiger partial charge in [-0.1, -0.05) is 6.92 Å². The first-order chi connectivity index (χ1) is 14.9. The molecule has 1 aromatic rings. The van der Waals surface area contributed by atoms with Crippen molar-refractivity contribution < 1.29 is 28.6 Å². The van der Waals surface area contributed by atoms with E-state index in [2.05, 4.69) is 10.6 Å². The van der Waals surface area contributed by atoms with Crippen molar-refractivity contribution in [2.45, 2.75) is 45.2 Å². The Hall–Kier alpha value is -2.81. The third-order valence-corrected chi connectivity index (χ3v) is 5.84. The van der Waals surface area contributed by atoms with Crippen LogP contribution in [0.2, 0.25) is 0 Å². The second-order valence-electron chi connectivity index (χ2n) is 7.99. The minimum Gasteiger partial charge on any atom is -0.454 e. The van der Waals surface area contributed by atoms with Gasteiger partial charge in [-0.15, -0.1) is 0 Å². The Kier molecular flexibility index (Phi) is 7.73. The van der Waals surface area contributed by atoms with Crippen molar-refractivity contribution in [2.75, 3.05) is 33.6 Å². The monoisotopic (exact) mass is 433 g/mol. The fourth-order valence-electron chi connectivity index (χ4n) is 3.79. The van der Waals surface area contributed by atoms with E-state index in [1.807, 2.05) is 13.8 Å². The van der Waals surface area contributed by atoms with Crippen LogP contribution in [0.1, 0.15) is 43.5 Å². The van der Waals surface area contributed by atoms with Gasteiger partial charge >= 0.3 is 0 Å². The SMILES string of the molecule is CC[C@H](C)NC(=O)[C@@H](NC(=O)c1ccc2c(c1)OCO2)C1CCN(C(=O)COC)CC1. The molecule has 9 heteroatoms. The average Bonchev–Trinajstić information content (AvgIpc) is 3.25. The van der Waals surface area contributed by atoms with Gasteiger partial charge in [0, 0.05) is 31.8 Å². The molecule has 2 N–H and O–H groups in total. The number of carbonyl (C=O) groups excluding carboxylic acids is 3. The third-order valence-electron chi connectivity index (χ3n) is 5.84. The molecule has 3 amide bonds. The number of nitrogens with one attached hydrogen (secondary N) is 2. The standard InChI is InChI=1S/C22H31N3O6/c1-4-14(2)23-22(28)20(15-7-9-25(10-8-15)19(26)12-29-3)24-21(27)16-5-6-17-18(11-16)31-13-30-17/h5-6,11,14-15,20H,4,7-10,12-13H2,1-3H3,(H,23,28)(H,24,27)/t14-,20-/m0/s1.